The van der Waals surface area contributed by atoms with Crippen molar-refractivity contribution >= 4 is 63.7 Å². The molecule has 1 aliphatic carbocycles. The molecule has 3 atom stereocenters. The van der Waals surface area contributed by atoms with E-state index in [1.165, 1.54) is 11.0 Å². The summed E-state index contributed by atoms with van der Waals surface area (Å²) in [5.74, 6) is -0.487. The summed E-state index contributed by atoms with van der Waals surface area (Å²) >= 11 is 5.88. The molecular formula is C44H49F3N8O5S. The Balaban J connectivity index is 0.953. The molecule has 1 spiro atoms. The smallest absolute Gasteiger partial charge is 0.417 e. The number of ether oxygens (including phenoxy) is 1. The van der Waals surface area contributed by atoms with E-state index >= 15 is 0 Å². The number of alkyl halides is 3. The standard InChI is InChI=1S/C44H49F3N8O5S/c1-4-29-20-34(55-42(61)54(41(59)43(55)16-5-6-17-43)33-11-10-30(23-48)35(22-33)44(45,46)47)12-14-37(29)60-19-18-52-24-27(2)53(28(3)25-52)26-39(57)50-32-9-7-8-31(21-32)49-36-13-15-38(56)51-40(36)58/h7-12,14,20-22,27-28,36,49H,4-6,13,15-19,24-26H2,1-3H3,(H,50,57)(H,51,56,58)/t27-,28+,36?. The van der Waals surface area contributed by atoms with E-state index in [0.717, 1.165) is 43.6 Å². The van der Waals surface area contributed by atoms with Crippen molar-refractivity contribution in [1.82, 2.24) is 15.1 Å². The SMILES string of the molecule is CCc1cc(N2C(=S)N(c3ccc(C#N)c(C(F)(F)F)c3)C(=O)C23CCCC3)ccc1OCCN1C[C@@H](C)N(CC(=O)Nc2cccc(NC3CCC(=O)NC3=O)c2)[C@@H](C)C1. The van der Waals surface area contributed by atoms with Crippen LogP contribution in [0.5, 0.6) is 5.75 Å². The fourth-order valence-electron chi connectivity index (χ4n) is 9.11. The van der Waals surface area contributed by atoms with Crippen molar-refractivity contribution in [3.63, 3.8) is 0 Å². The van der Waals surface area contributed by atoms with Gasteiger partial charge in [0.1, 0.15) is 23.9 Å². The van der Waals surface area contributed by atoms with Crippen LogP contribution in [0, 0.1) is 11.3 Å². The summed E-state index contributed by atoms with van der Waals surface area (Å²) in [4.78, 5) is 58.6. The Kier molecular flexibility index (Phi) is 12.7. The molecule has 3 saturated heterocycles. The van der Waals surface area contributed by atoms with Crippen LogP contribution >= 0.6 is 12.2 Å². The average molecular weight is 859 g/mol. The van der Waals surface area contributed by atoms with E-state index in [0.29, 0.717) is 61.6 Å². The first-order valence-corrected chi connectivity index (χ1v) is 21.1. The summed E-state index contributed by atoms with van der Waals surface area (Å²) in [5, 5.41) is 17.9. The van der Waals surface area contributed by atoms with Crippen LogP contribution < -0.4 is 30.5 Å². The molecule has 3 N–H and O–H groups in total. The fraction of sp³-hybridized carbons (Fsp3) is 0.455. The molecule has 3 aromatic rings. The van der Waals surface area contributed by atoms with Crippen molar-refractivity contribution in [2.75, 3.05) is 53.2 Å². The van der Waals surface area contributed by atoms with Gasteiger partial charge >= 0.3 is 6.18 Å². The van der Waals surface area contributed by atoms with E-state index < -0.39 is 28.9 Å². The molecular weight excluding hydrogens is 810 g/mol. The van der Waals surface area contributed by atoms with Crippen LogP contribution in [0.4, 0.5) is 35.9 Å². The molecule has 3 aromatic carbocycles. The van der Waals surface area contributed by atoms with Crippen LogP contribution in [0.3, 0.4) is 0 Å². The lowest BCUT2D eigenvalue weighted by Crippen LogP contribution is -2.58. The van der Waals surface area contributed by atoms with Crippen LogP contribution in [0.1, 0.15) is 76.0 Å². The van der Waals surface area contributed by atoms with Gasteiger partial charge in [-0.2, -0.15) is 18.4 Å². The molecule has 4 fully saturated rings. The normalized spacial score (nSPS) is 22.1. The van der Waals surface area contributed by atoms with Gasteiger partial charge in [-0.05, 0) is 112 Å². The van der Waals surface area contributed by atoms with Gasteiger partial charge in [-0.3, -0.25) is 39.2 Å². The minimum Gasteiger partial charge on any atom is -0.492 e. The quantitative estimate of drug-likeness (QED) is 0.141. The van der Waals surface area contributed by atoms with Crippen molar-refractivity contribution < 1.29 is 37.1 Å². The summed E-state index contributed by atoms with van der Waals surface area (Å²) < 4.78 is 48.1. The number of carbonyl (C=O) groups is 4. The third kappa shape index (κ3) is 9.07. The second-order valence-corrected chi connectivity index (χ2v) is 16.6. The van der Waals surface area contributed by atoms with Gasteiger partial charge in [-0.1, -0.05) is 25.8 Å². The number of halogens is 3. The first-order valence-electron chi connectivity index (χ1n) is 20.7. The molecule has 0 radical (unpaired) electrons. The number of thiocarbonyl (C=S) groups is 1. The summed E-state index contributed by atoms with van der Waals surface area (Å²) in [7, 11) is 0. The summed E-state index contributed by atoms with van der Waals surface area (Å²) in [6, 6.07) is 17.3. The number of hydrogen-bond acceptors (Lipinski definition) is 10. The van der Waals surface area contributed by atoms with Gasteiger partial charge in [0.15, 0.2) is 5.11 Å². The van der Waals surface area contributed by atoms with Crippen molar-refractivity contribution in [3.8, 4) is 11.8 Å². The summed E-state index contributed by atoms with van der Waals surface area (Å²) in [6.45, 7) is 8.92. The number of piperazine rings is 1. The van der Waals surface area contributed by atoms with E-state index in [1.807, 2.05) is 25.1 Å². The van der Waals surface area contributed by atoms with E-state index in [4.69, 9.17) is 17.0 Å². The van der Waals surface area contributed by atoms with Gasteiger partial charge in [-0.25, -0.2) is 0 Å². The van der Waals surface area contributed by atoms with Crippen molar-refractivity contribution in [1.29, 1.82) is 5.26 Å². The van der Waals surface area contributed by atoms with Gasteiger partial charge in [0.25, 0.3) is 5.91 Å². The second-order valence-electron chi connectivity index (χ2n) is 16.2. The number of amides is 4. The lowest BCUT2D eigenvalue weighted by Gasteiger charge is -2.44. The Morgan fingerprint density at radius 3 is 2.38 bits per heavy atom. The maximum Gasteiger partial charge on any atom is 0.417 e. The summed E-state index contributed by atoms with van der Waals surface area (Å²) in [6.07, 6.45) is -0.979. The zero-order chi connectivity index (χ0) is 43.6. The number of anilines is 4. The van der Waals surface area contributed by atoms with Gasteiger partial charge in [0.2, 0.25) is 17.7 Å². The highest BCUT2D eigenvalue weighted by atomic mass is 32.1. The van der Waals surface area contributed by atoms with Crippen LogP contribution in [0.15, 0.2) is 60.7 Å². The van der Waals surface area contributed by atoms with E-state index in [1.54, 1.807) is 35.2 Å². The number of carbonyl (C=O) groups excluding carboxylic acids is 4. The third-order valence-corrected chi connectivity index (χ3v) is 12.5. The number of nitrogens with one attached hydrogen (secondary N) is 3. The lowest BCUT2D eigenvalue weighted by atomic mass is 9.94. The van der Waals surface area contributed by atoms with Gasteiger partial charge < -0.3 is 20.3 Å². The maximum absolute atomic E-state index is 14.2. The van der Waals surface area contributed by atoms with Gasteiger partial charge in [0, 0.05) is 55.2 Å². The highest BCUT2D eigenvalue weighted by Gasteiger charge is 2.57. The molecule has 4 aliphatic rings. The van der Waals surface area contributed by atoms with E-state index in [-0.39, 0.29) is 59.5 Å². The molecule has 61 heavy (non-hydrogen) atoms. The minimum atomic E-state index is -4.79. The zero-order valence-electron chi connectivity index (χ0n) is 34.3. The predicted octanol–water partition coefficient (Wildman–Crippen LogP) is 6.22. The van der Waals surface area contributed by atoms with Crippen LogP contribution in [-0.2, 0) is 31.8 Å². The third-order valence-electron chi connectivity index (χ3n) is 12.1. The number of piperidine rings is 1. The molecule has 13 nitrogen and oxygen atoms in total. The molecule has 3 aliphatic heterocycles. The number of nitrogens with zero attached hydrogens (tertiary/aromatic N) is 5. The molecule has 3 heterocycles. The first-order chi connectivity index (χ1) is 29.1. The Bertz CT molecular complexity index is 2250. The number of benzene rings is 3. The average Bonchev–Trinajstić information content (AvgIpc) is 3.79. The van der Waals surface area contributed by atoms with E-state index in [9.17, 15) is 37.6 Å². The Morgan fingerprint density at radius 2 is 1.70 bits per heavy atom. The second kappa shape index (κ2) is 17.8. The zero-order valence-corrected chi connectivity index (χ0v) is 35.1. The maximum atomic E-state index is 14.2. The minimum absolute atomic E-state index is 0.0256. The molecule has 7 rings (SSSR count). The highest BCUT2D eigenvalue weighted by molar-refractivity contribution is 7.81. The van der Waals surface area contributed by atoms with Crippen molar-refractivity contribution in [2.45, 2.75) is 95.6 Å². The van der Waals surface area contributed by atoms with Crippen molar-refractivity contribution in [3.05, 3.63) is 77.4 Å². The fourth-order valence-corrected chi connectivity index (χ4v) is 9.58. The van der Waals surface area contributed by atoms with Gasteiger partial charge in [0.05, 0.1) is 29.4 Å². The molecule has 4 amide bonds. The number of aryl methyl sites for hydroxylation is 1. The molecule has 17 heteroatoms. The van der Waals surface area contributed by atoms with Crippen LogP contribution in [-0.4, -0.2) is 95.0 Å². The first kappa shape index (κ1) is 43.5. The van der Waals surface area contributed by atoms with Gasteiger partial charge in [-0.15, -0.1) is 0 Å². The Morgan fingerprint density at radius 1 is 1.00 bits per heavy atom. The largest absolute Gasteiger partial charge is 0.492 e. The highest BCUT2D eigenvalue weighted by Crippen LogP contribution is 2.47. The lowest BCUT2D eigenvalue weighted by molar-refractivity contribution is -0.138. The molecule has 1 saturated carbocycles. The van der Waals surface area contributed by atoms with Crippen molar-refractivity contribution in [2.24, 2.45) is 0 Å². The number of rotatable bonds is 12. The van der Waals surface area contributed by atoms with E-state index in [2.05, 4.69) is 39.6 Å². The topological polar surface area (TPSA) is 150 Å². The monoisotopic (exact) mass is 858 g/mol. The molecule has 0 bridgehead atoms. The molecule has 1 unspecified atom stereocenters. The number of hydrogen-bond donors (Lipinski definition) is 3. The molecule has 0 aromatic heterocycles. The number of nitriles is 1. The van der Waals surface area contributed by atoms with Crippen LogP contribution in [0.2, 0.25) is 0 Å². The molecule has 322 valence electrons. The summed E-state index contributed by atoms with van der Waals surface area (Å²) in [5.41, 5.74) is 0.116. The Hall–Kier alpha value is -5.57. The predicted molar refractivity (Wildman–Crippen MR) is 228 cm³/mol. The number of imide groups is 1. The Labute approximate surface area is 358 Å². The van der Waals surface area contributed by atoms with Crippen LogP contribution in [0.25, 0.3) is 0 Å².